The number of carbonyl (C=O) groups excluding carboxylic acids is 12. The van der Waals surface area contributed by atoms with E-state index in [0.29, 0.717) is 39.3 Å². The number of hydrogen-bond donors (Lipinski definition) is 1. The first-order valence-electron chi connectivity index (χ1n) is 34.4. The Morgan fingerprint density at radius 2 is 1.00 bits per heavy atom. The highest BCUT2D eigenvalue weighted by Gasteiger charge is 2.48. The second-order valence-corrected chi connectivity index (χ2v) is 29.2. The fourth-order valence-electron chi connectivity index (χ4n) is 13.3. The third-order valence-corrected chi connectivity index (χ3v) is 19.2. The van der Waals surface area contributed by atoms with Gasteiger partial charge in [0.1, 0.15) is 48.1 Å². The van der Waals surface area contributed by atoms with E-state index in [9.17, 15) is 24.0 Å². The minimum absolute atomic E-state index is 0.00370. The number of nitrogens with one attached hydrogen (secondary N) is 1. The first-order valence-corrected chi connectivity index (χ1v) is 34.4. The Labute approximate surface area is 563 Å². The predicted octanol–water partition coefficient (Wildman–Crippen LogP) is 6.42. The van der Waals surface area contributed by atoms with Gasteiger partial charge in [-0.1, -0.05) is 116 Å². The summed E-state index contributed by atoms with van der Waals surface area (Å²) in [7, 11) is 10.3. The van der Waals surface area contributed by atoms with Gasteiger partial charge >= 0.3 is 5.97 Å². The van der Waals surface area contributed by atoms with Crippen LogP contribution in [0.15, 0.2) is 12.2 Å². The van der Waals surface area contributed by atoms with Crippen molar-refractivity contribution in [1.82, 2.24) is 44.5 Å². The van der Waals surface area contributed by atoms with E-state index in [1.54, 1.807) is 54.5 Å². The minimum Gasteiger partial charge on any atom is -0.459 e. The highest BCUT2D eigenvalue weighted by Crippen LogP contribution is 2.30. The molecule has 14 atom stereocenters. The normalized spacial score (nSPS) is 27.9. The van der Waals surface area contributed by atoms with Crippen molar-refractivity contribution in [2.45, 2.75) is 230 Å². The fraction of sp³-hybridized carbons (Fsp3) is 0.803. The number of amides is 8. The zero-order valence-electron chi connectivity index (χ0n) is 62.1. The molecule has 0 saturated carbocycles. The van der Waals surface area contributed by atoms with Crippen molar-refractivity contribution in [2.75, 3.05) is 82.2 Å². The maximum absolute atomic E-state index is 15.5. The number of esters is 1. The third kappa shape index (κ3) is 23.0. The van der Waals surface area contributed by atoms with Gasteiger partial charge in [-0.25, -0.2) is 0 Å². The summed E-state index contributed by atoms with van der Waals surface area (Å²) < 4.78 is 11.6. The molecule has 2 fully saturated rings. The van der Waals surface area contributed by atoms with Crippen molar-refractivity contribution in [3.8, 4) is 0 Å². The molecule has 0 bridgehead atoms. The standard InChI is InChI=1S/C71H123N9O14/c1-26-28-29-46(13)63(94-51(18)81)62-64(85)72-53(27-2)68(89)73(19)50(17)66(87)78(24)61(49(16)40-80-30-32-93-33-31-80)59(84)39-52(44(9)10)67(88)74(20)54(34-41(3)4)58(83)37-47(14)57(82)38-48(15)65(86)75(21)55(35-42(5)6)69(90)76(22)56(36-43(7)8)70(91)77(23)60(45(11)12)71(92)79(62)25/h26,28,41-50,52-56,60-63H,27,29-40H2,1-25H3,(H,72,85)/b28-26+/t46-,47-,48+,49-,50-,52+,53+,54+,55+,56+,60+,61+,62+,63-/m1/s1. The molecule has 2 saturated heterocycles. The SMILES string of the molecule is C/C=C/C[C@@H](C)[C@@H](OC(C)=O)[C@H]1C(=O)N[C@@H](CC)C(=O)N(C)[C@H](C)C(=O)N(C)[C@@H]([C@H](C)CN2CCOCC2)C(=O)C[C@@H](C(C)C)C(=O)N(C)[C@@H](CC(C)C)C(=O)C[C@@H](C)C(=O)C[C@H](C)C(=O)N(C)[C@@H](CC(C)C)C(=O)N(C)[C@@H](CC(C)C)C(=O)N(C)[C@@H](C(C)C)C(=O)N1C. The summed E-state index contributed by atoms with van der Waals surface area (Å²) in [5.74, 6) is -12.2. The van der Waals surface area contributed by atoms with Crippen molar-refractivity contribution in [3.63, 3.8) is 0 Å². The Balaban J connectivity index is 3.12. The molecule has 0 aliphatic carbocycles. The molecule has 94 heavy (non-hydrogen) atoms. The molecule has 2 aliphatic heterocycles. The van der Waals surface area contributed by atoms with Crippen molar-refractivity contribution >= 4 is 70.6 Å². The Hall–Kier alpha value is -6.10. The molecule has 1 N–H and O–H groups in total. The van der Waals surface area contributed by atoms with Gasteiger partial charge in [0, 0.05) is 113 Å². The number of likely N-dealkylation sites (N-methyl/N-ethyl adjacent to an activating group) is 7. The van der Waals surface area contributed by atoms with Gasteiger partial charge in [0.25, 0.3) is 0 Å². The lowest BCUT2D eigenvalue weighted by Crippen LogP contribution is -2.64. The predicted molar refractivity (Wildman–Crippen MR) is 363 cm³/mol. The number of nitrogens with zero attached hydrogens (tertiary/aromatic N) is 8. The lowest BCUT2D eigenvalue weighted by molar-refractivity contribution is -0.164. The molecule has 0 spiro atoms. The van der Waals surface area contributed by atoms with Gasteiger partial charge in [-0.05, 0) is 87.4 Å². The van der Waals surface area contributed by atoms with Gasteiger partial charge in [-0.15, -0.1) is 0 Å². The zero-order valence-corrected chi connectivity index (χ0v) is 62.1. The number of allylic oxidation sites excluding steroid dienone is 2. The summed E-state index contributed by atoms with van der Waals surface area (Å²) in [5, 5.41) is 2.85. The molecule has 8 amide bonds. The Morgan fingerprint density at radius 3 is 1.48 bits per heavy atom. The van der Waals surface area contributed by atoms with E-state index in [4.69, 9.17) is 9.47 Å². The van der Waals surface area contributed by atoms with E-state index in [-0.39, 0.29) is 74.3 Å². The molecule has 23 heteroatoms. The van der Waals surface area contributed by atoms with Gasteiger partial charge < -0.3 is 49.1 Å². The lowest BCUT2D eigenvalue weighted by Gasteiger charge is -2.42. The Kier molecular flexibility index (Phi) is 34.5. The summed E-state index contributed by atoms with van der Waals surface area (Å²) in [6.45, 7) is 34.0. The highest BCUT2D eigenvalue weighted by molar-refractivity contribution is 6.00. The van der Waals surface area contributed by atoms with Crippen LogP contribution < -0.4 is 5.32 Å². The van der Waals surface area contributed by atoms with Crippen LogP contribution in [0, 0.1) is 59.2 Å². The van der Waals surface area contributed by atoms with E-state index in [1.165, 1.54) is 92.6 Å². The van der Waals surface area contributed by atoms with Crippen molar-refractivity contribution < 1.29 is 67.0 Å². The second kappa shape index (κ2) is 38.6. The summed E-state index contributed by atoms with van der Waals surface area (Å²) in [4.78, 5) is 189. The quantitative estimate of drug-likeness (QED) is 0.122. The lowest BCUT2D eigenvalue weighted by atomic mass is 9.83. The molecular formula is C71H123N9O14. The van der Waals surface area contributed by atoms with Crippen LogP contribution in [0.1, 0.15) is 176 Å². The van der Waals surface area contributed by atoms with Crippen LogP contribution in [0.4, 0.5) is 0 Å². The molecular weight excluding hydrogens is 1200 g/mol. The van der Waals surface area contributed by atoms with Crippen molar-refractivity contribution in [3.05, 3.63) is 12.2 Å². The molecule has 0 aromatic heterocycles. The van der Waals surface area contributed by atoms with Crippen LogP contribution >= 0.6 is 0 Å². The van der Waals surface area contributed by atoms with Crippen LogP contribution in [-0.2, 0) is 67.0 Å². The second-order valence-electron chi connectivity index (χ2n) is 29.2. The van der Waals surface area contributed by atoms with E-state index in [2.05, 4.69) is 10.2 Å². The average Bonchev–Trinajstić information content (AvgIpc) is 0.807. The molecule has 0 unspecified atom stereocenters. The van der Waals surface area contributed by atoms with Gasteiger partial charge in [0.05, 0.1) is 25.3 Å². The molecule has 0 aromatic carbocycles. The molecule has 0 radical (unpaired) electrons. The molecule has 2 heterocycles. The molecule has 2 aliphatic rings. The third-order valence-electron chi connectivity index (χ3n) is 19.2. The smallest absolute Gasteiger partial charge is 0.303 e. The van der Waals surface area contributed by atoms with E-state index in [1.807, 2.05) is 68.4 Å². The maximum Gasteiger partial charge on any atom is 0.303 e. The van der Waals surface area contributed by atoms with Gasteiger partial charge in [0.2, 0.25) is 47.3 Å². The molecule has 2 rings (SSSR count). The molecule has 0 aromatic rings. The first-order chi connectivity index (χ1) is 43.6. The first kappa shape index (κ1) is 84.0. The molecule has 536 valence electrons. The number of ether oxygens (including phenoxy) is 2. The topological polar surface area (TPSA) is 261 Å². The minimum atomic E-state index is -1.61. The van der Waals surface area contributed by atoms with Crippen LogP contribution in [0.2, 0.25) is 0 Å². The Morgan fingerprint density at radius 1 is 0.532 bits per heavy atom. The number of morpholine rings is 1. The van der Waals surface area contributed by atoms with Crippen LogP contribution in [0.25, 0.3) is 0 Å². The number of Topliss-reactive ketones (excluding diaryl/α,β-unsaturated/α-hetero) is 3. The zero-order chi connectivity index (χ0) is 72.2. The van der Waals surface area contributed by atoms with Gasteiger partial charge in [0.15, 0.2) is 11.6 Å². The van der Waals surface area contributed by atoms with Crippen LogP contribution in [-0.4, -0.2) is 246 Å². The maximum atomic E-state index is 15.5. The van der Waals surface area contributed by atoms with E-state index < -0.39 is 155 Å². The Bertz CT molecular complexity index is 2620. The fourth-order valence-corrected chi connectivity index (χ4v) is 13.3. The number of hydrogen-bond acceptors (Lipinski definition) is 15. The van der Waals surface area contributed by atoms with Gasteiger partial charge in [-0.3, -0.25) is 62.4 Å². The largest absolute Gasteiger partial charge is 0.459 e. The number of rotatable bonds is 17. The average molecular weight is 1330 g/mol. The monoisotopic (exact) mass is 1330 g/mol. The van der Waals surface area contributed by atoms with E-state index in [0.717, 1.165) is 4.90 Å². The summed E-state index contributed by atoms with van der Waals surface area (Å²) in [6.07, 6.45) is 2.38. The van der Waals surface area contributed by atoms with Crippen LogP contribution in [0.5, 0.6) is 0 Å². The highest BCUT2D eigenvalue weighted by atomic mass is 16.5. The van der Waals surface area contributed by atoms with Crippen LogP contribution in [0.3, 0.4) is 0 Å². The van der Waals surface area contributed by atoms with Gasteiger partial charge in [-0.2, -0.15) is 0 Å². The number of carbonyl (C=O) groups is 12. The summed E-state index contributed by atoms with van der Waals surface area (Å²) >= 11 is 0. The van der Waals surface area contributed by atoms with E-state index >= 15 is 33.6 Å². The van der Waals surface area contributed by atoms with Crippen molar-refractivity contribution in [1.29, 1.82) is 0 Å². The summed E-state index contributed by atoms with van der Waals surface area (Å²) in [5.41, 5.74) is 0. The summed E-state index contributed by atoms with van der Waals surface area (Å²) in [6, 6.07) is -9.81. The molecule has 23 nitrogen and oxygen atoms in total. The van der Waals surface area contributed by atoms with Crippen molar-refractivity contribution in [2.24, 2.45) is 59.2 Å². The number of ketones is 3.